The van der Waals surface area contributed by atoms with Gasteiger partial charge in [-0.25, -0.2) is 0 Å². The number of aliphatic carboxylic acids is 1. The summed E-state index contributed by atoms with van der Waals surface area (Å²) in [7, 11) is 0. The number of carboxylic acids is 1. The van der Waals surface area contributed by atoms with E-state index >= 15 is 0 Å². The van der Waals surface area contributed by atoms with E-state index in [0.717, 1.165) is 19.0 Å². The van der Waals surface area contributed by atoms with E-state index in [0.29, 0.717) is 19.4 Å². The van der Waals surface area contributed by atoms with Crippen LogP contribution >= 0.6 is 0 Å². The van der Waals surface area contributed by atoms with Gasteiger partial charge in [-0.1, -0.05) is 25.7 Å². The van der Waals surface area contributed by atoms with Gasteiger partial charge in [-0.15, -0.1) is 0 Å². The van der Waals surface area contributed by atoms with E-state index in [9.17, 15) is 9.59 Å². The molecule has 0 bridgehead atoms. The molecule has 1 amide bonds. The smallest absolute Gasteiger partial charge is 0.303 e. The number of amides is 1. The van der Waals surface area contributed by atoms with E-state index in [-0.39, 0.29) is 12.3 Å². The number of carbonyl (C=O) groups excluding carboxylic acids is 1. The lowest BCUT2D eigenvalue weighted by Crippen LogP contribution is -2.32. The van der Waals surface area contributed by atoms with Gasteiger partial charge in [-0.3, -0.25) is 9.59 Å². The fourth-order valence-electron chi connectivity index (χ4n) is 2.51. The second-order valence-corrected chi connectivity index (χ2v) is 5.29. The number of carboxylic acid groups (broad SMARTS) is 1. The Hall–Kier alpha value is -1.10. The van der Waals surface area contributed by atoms with Crippen molar-refractivity contribution in [3.8, 4) is 0 Å². The minimum Gasteiger partial charge on any atom is -0.481 e. The van der Waals surface area contributed by atoms with Gasteiger partial charge in [0.25, 0.3) is 0 Å². The standard InChI is InChI=1S/C14H26N2O3/c17-13(6-3-7-14(18)19)16-11-10-15-9-8-12-4-1-2-5-12/h12,15H,1-11H2,(H,16,17)(H,18,19). The van der Waals surface area contributed by atoms with E-state index in [4.69, 9.17) is 5.11 Å². The second-order valence-electron chi connectivity index (χ2n) is 5.29. The summed E-state index contributed by atoms with van der Waals surface area (Å²) < 4.78 is 0. The Morgan fingerprint density at radius 1 is 1.05 bits per heavy atom. The third-order valence-corrected chi connectivity index (χ3v) is 3.62. The van der Waals surface area contributed by atoms with Gasteiger partial charge in [0.05, 0.1) is 0 Å². The van der Waals surface area contributed by atoms with Crippen LogP contribution in [0.5, 0.6) is 0 Å². The summed E-state index contributed by atoms with van der Waals surface area (Å²) in [6.45, 7) is 2.44. The number of nitrogens with one attached hydrogen (secondary N) is 2. The molecule has 1 saturated carbocycles. The number of hydrogen-bond donors (Lipinski definition) is 3. The van der Waals surface area contributed by atoms with Crippen molar-refractivity contribution in [2.24, 2.45) is 5.92 Å². The zero-order chi connectivity index (χ0) is 13.9. The molecule has 1 aliphatic carbocycles. The average Bonchev–Trinajstić information content (AvgIpc) is 2.86. The van der Waals surface area contributed by atoms with Crippen LogP contribution in [-0.4, -0.2) is 36.6 Å². The maximum absolute atomic E-state index is 11.3. The molecule has 3 N–H and O–H groups in total. The van der Waals surface area contributed by atoms with E-state index in [2.05, 4.69) is 10.6 Å². The zero-order valence-electron chi connectivity index (χ0n) is 11.6. The van der Waals surface area contributed by atoms with Gasteiger partial charge < -0.3 is 15.7 Å². The lowest BCUT2D eigenvalue weighted by molar-refractivity contribution is -0.137. The fraction of sp³-hybridized carbons (Fsp3) is 0.857. The highest BCUT2D eigenvalue weighted by Crippen LogP contribution is 2.26. The highest BCUT2D eigenvalue weighted by atomic mass is 16.4. The van der Waals surface area contributed by atoms with Gasteiger partial charge >= 0.3 is 5.97 Å². The molecule has 0 heterocycles. The molecule has 1 fully saturated rings. The van der Waals surface area contributed by atoms with Crippen molar-refractivity contribution < 1.29 is 14.7 Å². The molecule has 0 radical (unpaired) electrons. The Kier molecular flexibility index (Phi) is 8.21. The van der Waals surface area contributed by atoms with Crippen LogP contribution in [0.3, 0.4) is 0 Å². The monoisotopic (exact) mass is 270 g/mol. The van der Waals surface area contributed by atoms with E-state index in [1.807, 2.05) is 0 Å². The van der Waals surface area contributed by atoms with Crippen molar-refractivity contribution in [2.45, 2.75) is 51.4 Å². The van der Waals surface area contributed by atoms with E-state index in [1.165, 1.54) is 32.1 Å². The average molecular weight is 270 g/mol. The summed E-state index contributed by atoms with van der Waals surface area (Å²) in [6.07, 6.45) is 7.54. The Balaban J connectivity index is 1.84. The Labute approximate surface area is 115 Å². The Morgan fingerprint density at radius 2 is 1.79 bits per heavy atom. The first kappa shape index (κ1) is 16.0. The largest absolute Gasteiger partial charge is 0.481 e. The van der Waals surface area contributed by atoms with Gasteiger partial charge in [0.2, 0.25) is 5.91 Å². The summed E-state index contributed by atoms with van der Waals surface area (Å²) in [5, 5.41) is 14.6. The topological polar surface area (TPSA) is 78.4 Å². The molecule has 0 spiro atoms. The molecular weight excluding hydrogens is 244 g/mol. The molecule has 5 heteroatoms. The van der Waals surface area contributed by atoms with Crippen LogP contribution in [-0.2, 0) is 9.59 Å². The lowest BCUT2D eigenvalue weighted by Gasteiger charge is -2.10. The predicted octanol–water partition coefficient (Wildman–Crippen LogP) is 1.53. The summed E-state index contributed by atoms with van der Waals surface area (Å²) in [4.78, 5) is 21.6. The second kappa shape index (κ2) is 9.78. The molecule has 1 aliphatic rings. The molecule has 5 nitrogen and oxygen atoms in total. The van der Waals surface area contributed by atoms with E-state index in [1.54, 1.807) is 0 Å². The molecular formula is C14H26N2O3. The quantitative estimate of drug-likeness (QED) is 0.526. The number of rotatable bonds is 10. The molecule has 0 aromatic carbocycles. The molecule has 19 heavy (non-hydrogen) atoms. The van der Waals surface area contributed by atoms with Gasteiger partial charge in [0, 0.05) is 25.9 Å². The minimum absolute atomic E-state index is 0.0566. The van der Waals surface area contributed by atoms with Crippen LogP contribution in [0.15, 0.2) is 0 Å². The van der Waals surface area contributed by atoms with Crippen LogP contribution in [0.2, 0.25) is 0 Å². The van der Waals surface area contributed by atoms with Crippen LogP contribution in [0.4, 0.5) is 0 Å². The molecule has 1 rings (SSSR count). The molecule has 110 valence electrons. The summed E-state index contributed by atoms with van der Waals surface area (Å²) in [5.41, 5.74) is 0. The Morgan fingerprint density at radius 3 is 2.47 bits per heavy atom. The summed E-state index contributed by atoms with van der Waals surface area (Å²) in [5.74, 6) is -0.00154. The van der Waals surface area contributed by atoms with Crippen molar-refractivity contribution in [3.05, 3.63) is 0 Å². The highest BCUT2D eigenvalue weighted by molar-refractivity contribution is 5.76. The molecule has 0 aliphatic heterocycles. The molecule has 0 aromatic rings. The third-order valence-electron chi connectivity index (χ3n) is 3.62. The first-order chi connectivity index (χ1) is 9.18. The predicted molar refractivity (Wildman–Crippen MR) is 73.9 cm³/mol. The van der Waals surface area contributed by atoms with Crippen molar-refractivity contribution in [2.75, 3.05) is 19.6 Å². The first-order valence-electron chi connectivity index (χ1n) is 7.37. The Bertz CT molecular complexity index is 276. The summed E-state index contributed by atoms with van der Waals surface area (Å²) in [6, 6.07) is 0. The molecule has 0 aromatic heterocycles. The van der Waals surface area contributed by atoms with Gasteiger partial charge in [-0.05, 0) is 25.3 Å². The third kappa shape index (κ3) is 8.59. The maximum Gasteiger partial charge on any atom is 0.303 e. The highest BCUT2D eigenvalue weighted by Gasteiger charge is 2.13. The maximum atomic E-state index is 11.3. The van der Waals surface area contributed by atoms with Gasteiger partial charge in [0.1, 0.15) is 0 Å². The summed E-state index contributed by atoms with van der Waals surface area (Å²) >= 11 is 0. The first-order valence-corrected chi connectivity index (χ1v) is 7.37. The normalized spacial score (nSPS) is 15.6. The molecule has 0 atom stereocenters. The van der Waals surface area contributed by atoms with Crippen molar-refractivity contribution in [1.82, 2.24) is 10.6 Å². The molecule has 0 saturated heterocycles. The van der Waals surface area contributed by atoms with Crippen LogP contribution in [0.1, 0.15) is 51.4 Å². The van der Waals surface area contributed by atoms with Crippen molar-refractivity contribution in [3.63, 3.8) is 0 Å². The van der Waals surface area contributed by atoms with Gasteiger partial charge in [0.15, 0.2) is 0 Å². The zero-order valence-corrected chi connectivity index (χ0v) is 11.6. The van der Waals surface area contributed by atoms with Crippen molar-refractivity contribution >= 4 is 11.9 Å². The minimum atomic E-state index is -0.846. The van der Waals surface area contributed by atoms with E-state index < -0.39 is 5.97 Å². The van der Waals surface area contributed by atoms with Crippen LogP contribution in [0.25, 0.3) is 0 Å². The number of hydrogen-bond acceptors (Lipinski definition) is 3. The fourth-order valence-corrected chi connectivity index (χ4v) is 2.51. The SMILES string of the molecule is O=C(O)CCCC(=O)NCCNCCC1CCCC1. The van der Waals surface area contributed by atoms with Crippen molar-refractivity contribution in [1.29, 1.82) is 0 Å². The van der Waals surface area contributed by atoms with Gasteiger partial charge in [-0.2, -0.15) is 0 Å². The lowest BCUT2D eigenvalue weighted by atomic mass is 10.0. The number of carbonyl (C=O) groups is 2. The molecule has 0 unspecified atom stereocenters. The van der Waals surface area contributed by atoms with Crippen LogP contribution in [0, 0.1) is 5.92 Å². The van der Waals surface area contributed by atoms with Crippen LogP contribution < -0.4 is 10.6 Å².